The minimum absolute atomic E-state index is 0.252. The average Bonchev–Trinajstić information content (AvgIpc) is 2.64. The van der Waals surface area contributed by atoms with E-state index in [4.69, 9.17) is 4.74 Å². The van der Waals surface area contributed by atoms with E-state index in [1.165, 1.54) is 0 Å². The summed E-state index contributed by atoms with van der Waals surface area (Å²) in [5.74, 6) is 0.874. The molecule has 0 saturated carbocycles. The molecule has 0 aliphatic heterocycles. The van der Waals surface area contributed by atoms with E-state index in [9.17, 15) is 4.79 Å². The number of nitrogens with one attached hydrogen (secondary N) is 2. The molecule has 126 valence electrons. The molecule has 5 nitrogen and oxygen atoms in total. The van der Waals surface area contributed by atoms with Gasteiger partial charge >= 0.3 is 0 Å². The molecule has 2 aromatic carbocycles. The molecular weight excluding hydrogens is 382 g/mol. The topological polar surface area (TPSA) is 63.2 Å². The molecular formula is C19H16BrN3O2. The average molecular weight is 398 g/mol. The van der Waals surface area contributed by atoms with Gasteiger partial charge in [0.05, 0.1) is 24.0 Å². The Kier molecular flexibility index (Phi) is 5.30. The molecule has 25 heavy (non-hydrogen) atoms. The highest BCUT2D eigenvalue weighted by atomic mass is 79.9. The highest BCUT2D eigenvalue weighted by Crippen LogP contribution is 2.28. The molecule has 1 aromatic heterocycles. The Hall–Kier alpha value is -2.86. The Morgan fingerprint density at radius 3 is 2.48 bits per heavy atom. The number of carbonyl (C=O) groups excluding carboxylic acids is 1. The van der Waals surface area contributed by atoms with Crippen LogP contribution in [0, 0.1) is 0 Å². The van der Waals surface area contributed by atoms with Crippen molar-refractivity contribution in [3.8, 4) is 5.75 Å². The number of ether oxygens (including phenoxy) is 1. The first kappa shape index (κ1) is 17.0. The van der Waals surface area contributed by atoms with Crippen LogP contribution < -0.4 is 15.4 Å². The van der Waals surface area contributed by atoms with Crippen LogP contribution in [0.25, 0.3) is 0 Å². The van der Waals surface area contributed by atoms with Gasteiger partial charge in [-0.2, -0.15) is 0 Å². The van der Waals surface area contributed by atoms with Gasteiger partial charge in [-0.15, -0.1) is 0 Å². The predicted molar refractivity (Wildman–Crippen MR) is 103 cm³/mol. The number of para-hydroxylation sites is 3. The quantitative estimate of drug-likeness (QED) is 0.645. The van der Waals surface area contributed by atoms with E-state index in [1.807, 2.05) is 48.5 Å². The fraction of sp³-hybridized carbons (Fsp3) is 0.0526. The van der Waals surface area contributed by atoms with Crippen molar-refractivity contribution in [2.45, 2.75) is 0 Å². The van der Waals surface area contributed by atoms with Crippen LogP contribution in [0.3, 0.4) is 0 Å². The van der Waals surface area contributed by atoms with Crippen molar-refractivity contribution in [3.05, 3.63) is 76.9 Å². The molecule has 0 bridgehead atoms. The zero-order chi connectivity index (χ0) is 17.6. The molecule has 0 aliphatic rings. The van der Waals surface area contributed by atoms with Gasteiger partial charge in [-0.05, 0) is 52.3 Å². The molecule has 0 unspecified atom stereocenters. The van der Waals surface area contributed by atoms with Crippen LogP contribution in [0.5, 0.6) is 5.75 Å². The summed E-state index contributed by atoms with van der Waals surface area (Å²) in [5, 5.41) is 6.05. The summed E-state index contributed by atoms with van der Waals surface area (Å²) in [4.78, 5) is 17.0. The molecule has 0 radical (unpaired) electrons. The molecule has 1 amide bonds. The Labute approximate surface area is 154 Å². The molecule has 3 rings (SSSR count). The summed E-state index contributed by atoms with van der Waals surface area (Å²) in [5.41, 5.74) is 1.86. The van der Waals surface area contributed by atoms with Crippen LogP contribution >= 0.6 is 15.9 Å². The van der Waals surface area contributed by atoms with E-state index >= 15 is 0 Å². The van der Waals surface area contributed by atoms with Crippen molar-refractivity contribution in [1.82, 2.24) is 4.98 Å². The smallest absolute Gasteiger partial charge is 0.259 e. The molecule has 0 aliphatic carbocycles. The lowest BCUT2D eigenvalue weighted by Gasteiger charge is -2.14. The lowest BCUT2D eigenvalue weighted by atomic mass is 10.2. The highest BCUT2D eigenvalue weighted by molar-refractivity contribution is 9.10. The highest BCUT2D eigenvalue weighted by Gasteiger charge is 2.15. The first-order valence-corrected chi connectivity index (χ1v) is 8.39. The number of halogens is 1. The number of hydrogen-bond acceptors (Lipinski definition) is 4. The lowest BCUT2D eigenvalue weighted by Crippen LogP contribution is -2.15. The van der Waals surface area contributed by atoms with Gasteiger partial charge < -0.3 is 15.4 Å². The third-order valence-electron chi connectivity index (χ3n) is 3.53. The Balaban J connectivity index is 1.88. The summed E-state index contributed by atoms with van der Waals surface area (Å²) in [6.07, 6.45) is 1.63. The Morgan fingerprint density at radius 1 is 1.00 bits per heavy atom. The number of aromatic nitrogens is 1. The van der Waals surface area contributed by atoms with Gasteiger partial charge in [0, 0.05) is 10.7 Å². The SMILES string of the molecule is COc1ccccc1Nc1ncccc1C(=O)Nc1ccccc1Br. The molecule has 0 fully saturated rings. The fourth-order valence-electron chi connectivity index (χ4n) is 2.32. The number of nitrogens with zero attached hydrogens (tertiary/aromatic N) is 1. The molecule has 0 spiro atoms. The first-order chi connectivity index (χ1) is 12.2. The van der Waals surface area contributed by atoms with Crippen LogP contribution in [0.15, 0.2) is 71.3 Å². The van der Waals surface area contributed by atoms with Crippen molar-refractivity contribution in [2.24, 2.45) is 0 Å². The van der Waals surface area contributed by atoms with Gasteiger partial charge in [-0.1, -0.05) is 24.3 Å². The number of pyridine rings is 1. The van der Waals surface area contributed by atoms with E-state index in [2.05, 4.69) is 31.5 Å². The van der Waals surface area contributed by atoms with E-state index in [-0.39, 0.29) is 5.91 Å². The number of amides is 1. The Bertz CT molecular complexity index is 899. The molecule has 1 heterocycles. The summed E-state index contributed by atoms with van der Waals surface area (Å²) in [6, 6.07) is 18.3. The van der Waals surface area contributed by atoms with Crippen LogP contribution in [-0.2, 0) is 0 Å². The maximum absolute atomic E-state index is 12.7. The second-order valence-corrected chi connectivity index (χ2v) is 6.01. The number of rotatable bonds is 5. The fourth-order valence-corrected chi connectivity index (χ4v) is 2.70. The van der Waals surface area contributed by atoms with Crippen molar-refractivity contribution in [2.75, 3.05) is 17.7 Å². The normalized spacial score (nSPS) is 10.2. The van der Waals surface area contributed by atoms with Gasteiger partial charge in [-0.3, -0.25) is 4.79 Å². The standard InChI is InChI=1S/C19H16BrN3O2/c1-25-17-11-5-4-10-16(17)22-18-13(7-6-12-21-18)19(24)23-15-9-3-2-8-14(15)20/h2-12H,1H3,(H,21,22)(H,23,24). The molecule has 3 aromatic rings. The summed E-state index contributed by atoms with van der Waals surface area (Å²) in [7, 11) is 1.60. The number of methoxy groups -OCH3 is 1. The number of carbonyl (C=O) groups is 1. The second kappa shape index (κ2) is 7.81. The van der Waals surface area contributed by atoms with Gasteiger partial charge in [0.2, 0.25) is 0 Å². The maximum Gasteiger partial charge on any atom is 0.259 e. The lowest BCUT2D eigenvalue weighted by molar-refractivity contribution is 0.102. The van der Waals surface area contributed by atoms with Crippen LogP contribution in [0.4, 0.5) is 17.2 Å². The van der Waals surface area contributed by atoms with Crippen molar-refractivity contribution >= 4 is 39.0 Å². The van der Waals surface area contributed by atoms with E-state index in [1.54, 1.807) is 25.4 Å². The van der Waals surface area contributed by atoms with Crippen molar-refractivity contribution in [1.29, 1.82) is 0 Å². The minimum atomic E-state index is -0.252. The van der Waals surface area contributed by atoms with Gasteiger partial charge in [0.1, 0.15) is 11.6 Å². The number of benzene rings is 2. The zero-order valence-corrected chi connectivity index (χ0v) is 15.1. The monoisotopic (exact) mass is 397 g/mol. The third-order valence-corrected chi connectivity index (χ3v) is 4.23. The summed E-state index contributed by atoms with van der Waals surface area (Å²) < 4.78 is 6.14. The third kappa shape index (κ3) is 3.97. The summed E-state index contributed by atoms with van der Waals surface area (Å²) in [6.45, 7) is 0. The number of anilines is 3. The zero-order valence-electron chi connectivity index (χ0n) is 13.5. The van der Waals surface area contributed by atoms with Crippen molar-refractivity contribution < 1.29 is 9.53 Å². The van der Waals surface area contributed by atoms with E-state index in [0.29, 0.717) is 22.8 Å². The molecule has 0 atom stereocenters. The second-order valence-electron chi connectivity index (χ2n) is 5.16. The maximum atomic E-state index is 12.7. The Morgan fingerprint density at radius 2 is 1.72 bits per heavy atom. The van der Waals surface area contributed by atoms with Gasteiger partial charge in [-0.25, -0.2) is 4.98 Å². The molecule has 0 saturated heterocycles. The largest absolute Gasteiger partial charge is 0.495 e. The van der Waals surface area contributed by atoms with Gasteiger partial charge in [0.25, 0.3) is 5.91 Å². The number of hydrogen-bond donors (Lipinski definition) is 2. The van der Waals surface area contributed by atoms with Gasteiger partial charge in [0.15, 0.2) is 0 Å². The van der Waals surface area contributed by atoms with E-state index < -0.39 is 0 Å². The first-order valence-electron chi connectivity index (χ1n) is 7.60. The van der Waals surface area contributed by atoms with Crippen LogP contribution in [0.1, 0.15) is 10.4 Å². The molecule has 6 heteroatoms. The predicted octanol–water partition coefficient (Wildman–Crippen LogP) is 4.85. The summed E-state index contributed by atoms with van der Waals surface area (Å²) >= 11 is 3.43. The minimum Gasteiger partial charge on any atom is -0.495 e. The van der Waals surface area contributed by atoms with Crippen LogP contribution in [0.2, 0.25) is 0 Å². The van der Waals surface area contributed by atoms with Crippen LogP contribution in [-0.4, -0.2) is 18.0 Å². The van der Waals surface area contributed by atoms with Crippen molar-refractivity contribution in [3.63, 3.8) is 0 Å². The van der Waals surface area contributed by atoms with E-state index in [0.717, 1.165) is 10.2 Å². The molecule has 2 N–H and O–H groups in total.